The summed E-state index contributed by atoms with van der Waals surface area (Å²) in [5.74, 6) is 1.24. The van der Waals surface area contributed by atoms with Crippen molar-refractivity contribution in [2.75, 3.05) is 34.0 Å². The first-order chi connectivity index (χ1) is 8.17. The molecule has 3 nitrogen and oxygen atoms in total. The minimum Gasteiger partial charge on any atom is -0.497 e. The molecule has 1 aliphatic rings. The van der Waals surface area contributed by atoms with E-state index in [1.807, 2.05) is 12.2 Å². The fourth-order valence-electron chi connectivity index (χ4n) is 2.02. The third kappa shape index (κ3) is 4.75. The second-order valence-corrected chi connectivity index (χ2v) is 4.39. The van der Waals surface area contributed by atoms with E-state index >= 15 is 0 Å². The molecule has 0 unspecified atom stereocenters. The Morgan fingerprint density at radius 1 is 1.24 bits per heavy atom. The number of piperidine rings is 1. The van der Waals surface area contributed by atoms with Crippen molar-refractivity contribution in [3.05, 3.63) is 36.6 Å². The number of nitrogens with zero attached hydrogens (tertiary/aromatic N) is 1. The molecule has 1 fully saturated rings. The molecule has 0 amide bonds. The van der Waals surface area contributed by atoms with E-state index in [1.54, 1.807) is 14.2 Å². The maximum absolute atomic E-state index is 5.13. The minimum atomic E-state index is 0.573. The fourth-order valence-corrected chi connectivity index (χ4v) is 2.02. The maximum atomic E-state index is 5.13. The Labute approximate surface area is 104 Å². The van der Waals surface area contributed by atoms with E-state index in [-0.39, 0.29) is 0 Å². The van der Waals surface area contributed by atoms with Crippen molar-refractivity contribution in [1.82, 2.24) is 4.90 Å². The number of hydrogen-bond donors (Lipinski definition) is 0. The molecule has 96 valence electrons. The van der Waals surface area contributed by atoms with Crippen LogP contribution in [0.2, 0.25) is 0 Å². The molecule has 0 atom stereocenters. The molecule has 0 radical (unpaired) electrons. The molecule has 0 spiro atoms. The van der Waals surface area contributed by atoms with Crippen LogP contribution in [-0.2, 0) is 9.47 Å². The average Bonchev–Trinajstić information content (AvgIpc) is 2.36. The van der Waals surface area contributed by atoms with E-state index in [4.69, 9.17) is 9.47 Å². The number of hydrogen-bond acceptors (Lipinski definition) is 3. The summed E-state index contributed by atoms with van der Waals surface area (Å²) in [5.41, 5.74) is 1.17. The van der Waals surface area contributed by atoms with Crippen LogP contribution >= 0.6 is 0 Å². The Morgan fingerprint density at radius 3 is 2.41 bits per heavy atom. The van der Waals surface area contributed by atoms with E-state index in [9.17, 15) is 0 Å². The zero-order valence-electron chi connectivity index (χ0n) is 10.9. The lowest BCUT2D eigenvalue weighted by atomic mass is 9.90. The van der Waals surface area contributed by atoms with Crippen LogP contribution < -0.4 is 0 Å². The number of rotatable bonds is 6. The van der Waals surface area contributed by atoms with Crippen molar-refractivity contribution in [2.45, 2.75) is 12.8 Å². The highest BCUT2D eigenvalue weighted by Crippen LogP contribution is 2.24. The SMILES string of the molecule is C=C(/C=C\C(=C)C1CCN(COC)CC1)OC. The third-order valence-corrected chi connectivity index (χ3v) is 3.17. The lowest BCUT2D eigenvalue weighted by Gasteiger charge is -2.31. The molecule has 1 heterocycles. The highest BCUT2D eigenvalue weighted by Gasteiger charge is 2.19. The van der Waals surface area contributed by atoms with E-state index in [2.05, 4.69) is 18.1 Å². The van der Waals surface area contributed by atoms with Gasteiger partial charge in [0.2, 0.25) is 0 Å². The van der Waals surface area contributed by atoms with E-state index in [0.717, 1.165) is 32.7 Å². The van der Waals surface area contributed by atoms with Gasteiger partial charge in [0.25, 0.3) is 0 Å². The normalized spacial score (nSPS) is 18.5. The molecule has 1 rings (SSSR count). The Balaban J connectivity index is 2.35. The molecule has 0 bridgehead atoms. The predicted octanol–water partition coefficient (Wildman–Crippen LogP) is 2.57. The largest absolute Gasteiger partial charge is 0.497 e. The molecule has 17 heavy (non-hydrogen) atoms. The number of likely N-dealkylation sites (tertiary alicyclic amines) is 1. The van der Waals surface area contributed by atoms with Crippen LogP contribution in [0.1, 0.15) is 12.8 Å². The number of ether oxygens (including phenoxy) is 2. The molecule has 0 saturated carbocycles. The van der Waals surface area contributed by atoms with Crippen LogP contribution in [0, 0.1) is 5.92 Å². The van der Waals surface area contributed by atoms with E-state index < -0.39 is 0 Å². The van der Waals surface area contributed by atoms with Gasteiger partial charge in [-0.05, 0) is 24.8 Å². The Bertz CT molecular complexity index is 289. The van der Waals surface area contributed by atoms with Gasteiger partial charge in [-0.1, -0.05) is 24.8 Å². The summed E-state index contributed by atoms with van der Waals surface area (Å²) in [6.07, 6.45) is 6.18. The fraction of sp³-hybridized carbons (Fsp3) is 0.571. The van der Waals surface area contributed by atoms with Crippen LogP contribution in [0.3, 0.4) is 0 Å². The summed E-state index contributed by atoms with van der Waals surface area (Å²) in [6, 6.07) is 0. The molecule has 3 heteroatoms. The van der Waals surface area contributed by atoms with Crippen LogP contribution in [0.15, 0.2) is 36.6 Å². The topological polar surface area (TPSA) is 21.7 Å². The Morgan fingerprint density at radius 2 is 1.88 bits per heavy atom. The number of allylic oxidation sites excluding steroid dienone is 3. The van der Waals surface area contributed by atoms with Crippen LogP contribution in [0.25, 0.3) is 0 Å². The third-order valence-electron chi connectivity index (χ3n) is 3.17. The van der Waals surface area contributed by atoms with Crippen molar-refractivity contribution in [3.8, 4) is 0 Å². The standard InChI is InChI=1S/C14H23NO2/c1-12(5-6-13(2)17-4)14-7-9-15(10-8-14)11-16-3/h5-6,14H,1-2,7-11H2,3-4H3/b6-5-. The zero-order valence-corrected chi connectivity index (χ0v) is 10.9. The van der Waals surface area contributed by atoms with Gasteiger partial charge in [0.1, 0.15) is 5.76 Å². The van der Waals surface area contributed by atoms with E-state index in [0.29, 0.717) is 11.7 Å². The molecule has 0 aliphatic carbocycles. The first kappa shape index (κ1) is 14.0. The summed E-state index contributed by atoms with van der Waals surface area (Å²) in [7, 11) is 3.36. The monoisotopic (exact) mass is 237 g/mol. The smallest absolute Gasteiger partial charge is 0.111 e. The van der Waals surface area contributed by atoms with Gasteiger partial charge < -0.3 is 9.47 Å². The summed E-state index contributed by atoms with van der Waals surface area (Å²) >= 11 is 0. The second-order valence-electron chi connectivity index (χ2n) is 4.39. The highest BCUT2D eigenvalue weighted by atomic mass is 16.5. The average molecular weight is 237 g/mol. The molecule has 1 aliphatic heterocycles. The molecule has 0 aromatic rings. The first-order valence-electron chi connectivity index (χ1n) is 5.98. The van der Waals surface area contributed by atoms with Gasteiger partial charge in [0.15, 0.2) is 0 Å². The van der Waals surface area contributed by atoms with Crippen molar-refractivity contribution < 1.29 is 9.47 Å². The summed E-state index contributed by atoms with van der Waals surface area (Å²) < 4.78 is 10.1. The minimum absolute atomic E-state index is 0.573. The van der Waals surface area contributed by atoms with Crippen molar-refractivity contribution >= 4 is 0 Å². The Kier molecular flexibility index (Phi) is 6.01. The molecular weight excluding hydrogens is 214 g/mol. The van der Waals surface area contributed by atoms with E-state index in [1.165, 1.54) is 5.57 Å². The van der Waals surface area contributed by atoms with Crippen LogP contribution in [0.4, 0.5) is 0 Å². The lowest BCUT2D eigenvalue weighted by Crippen LogP contribution is -2.35. The zero-order chi connectivity index (χ0) is 12.7. The van der Waals surface area contributed by atoms with Gasteiger partial charge in [-0.15, -0.1) is 0 Å². The van der Waals surface area contributed by atoms with Crippen LogP contribution in [-0.4, -0.2) is 38.9 Å². The molecular formula is C14H23NO2. The highest BCUT2D eigenvalue weighted by molar-refractivity contribution is 5.23. The summed E-state index contributed by atoms with van der Waals surface area (Å²) in [5, 5.41) is 0. The number of methoxy groups -OCH3 is 2. The van der Waals surface area contributed by atoms with Gasteiger partial charge >= 0.3 is 0 Å². The summed E-state index contributed by atoms with van der Waals surface area (Å²) in [4.78, 5) is 2.32. The van der Waals surface area contributed by atoms with Gasteiger partial charge in [0, 0.05) is 20.2 Å². The maximum Gasteiger partial charge on any atom is 0.111 e. The van der Waals surface area contributed by atoms with Gasteiger partial charge in [0.05, 0.1) is 13.8 Å². The molecule has 0 N–H and O–H groups in total. The quantitative estimate of drug-likeness (QED) is 0.523. The van der Waals surface area contributed by atoms with Gasteiger partial charge in [-0.25, -0.2) is 0 Å². The first-order valence-corrected chi connectivity index (χ1v) is 5.98. The van der Waals surface area contributed by atoms with Crippen molar-refractivity contribution in [2.24, 2.45) is 5.92 Å². The van der Waals surface area contributed by atoms with Crippen molar-refractivity contribution in [3.63, 3.8) is 0 Å². The molecule has 1 saturated heterocycles. The van der Waals surface area contributed by atoms with Crippen molar-refractivity contribution in [1.29, 1.82) is 0 Å². The Hall–Kier alpha value is -1.06. The molecule has 0 aromatic carbocycles. The lowest BCUT2D eigenvalue weighted by molar-refractivity contribution is 0.0434. The van der Waals surface area contributed by atoms with Gasteiger partial charge in [-0.3, -0.25) is 4.90 Å². The predicted molar refractivity (Wildman–Crippen MR) is 70.6 cm³/mol. The van der Waals surface area contributed by atoms with Gasteiger partial charge in [-0.2, -0.15) is 0 Å². The van der Waals surface area contributed by atoms with Crippen LogP contribution in [0.5, 0.6) is 0 Å². The second kappa shape index (κ2) is 7.30. The molecule has 0 aromatic heterocycles. The summed E-state index contributed by atoms with van der Waals surface area (Å²) in [6.45, 7) is 10.8.